The van der Waals surface area contributed by atoms with E-state index in [1.54, 1.807) is 24.5 Å². The van der Waals surface area contributed by atoms with Gasteiger partial charge in [0.25, 0.3) is 0 Å². The fourth-order valence-electron chi connectivity index (χ4n) is 2.36. The van der Waals surface area contributed by atoms with Gasteiger partial charge in [-0.05, 0) is 33.0 Å². The Morgan fingerprint density at radius 3 is 2.79 bits per heavy atom. The molecule has 0 aliphatic heterocycles. The second-order valence-electron chi connectivity index (χ2n) is 5.61. The van der Waals surface area contributed by atoms with Crippen molar-refractivity contribution in [1.82, 2.24) is 14.9 Å². The summed E-state index contributed by atoms with van der Waals surface area (Å²) in [5, 5.41) is 2.96. The highest BCUT2D eigenvalue weighted by molar-refractivity contribution is 7.09. The van der Waals surface area contributed by atoms with Gasteiger partial charge in [-0.25, -0.2) is 18.7 Å². The molecule has 2 heterocycles. The minimum Gasteiger partial charge on any atom is -0.441 e. The van der Waals surface area contributed by atoms with Crippen molar-refractivity contribution in [2.45, 2.75) is 26.4 Å². The first kappa shape index (κ1) is 16.7. The van der Waals surface area contributed by atoms with Gasteiger partial charge >= 0.3 is 0 Å². The number of oxazole rings is 1. The first-order valence-corrected chi connectivity index (χ1v) is 8.35. The number of hydrogen-bond donors (Lipinski definition) is 0. The van der Waals surface area contributed by atoms with Gasteiger partial charge < -0.3 is 4.42 Å². The van der Waals surface area contributed by atoms with Crippen LogP contribution in [0.1, 0.15) is 29.4 Å². The molecular formula is C17H17F2N3OS. The Hall–Kier alpha value is -2.12. The van der Waals surface area contributed by atoms with Crippen LogP contribution in [0.3, 0.4) is 0 Å². The van der Waals surface area contributed by atoms with Crippen molar-refractivity contribution in [3.05, 3.63) is 57.9 Å². The Morgan fingerprint density at radius 2 is 2.12 bits per heavy atom. The molecule has 24 heavy (non-hydrogen) atoms. The fourth-order valence-corrected chi connectivity index (χ4v) is 3.12. The van der Waals surface area contributed by atoms with Crippen molar-refractivity contribution in [2.24, 2.45) is 0 Å². The highest BCUT2D eigenvalue weighted by Gasteiger charge is 2.20. The normalized spacial score (nSPS) is 12.8. The van der Waals surface area contributed by atoms with Crippen LogP contribution in [-0.2, 0) is 6.54 Å². The molecule has 0 saturated carbocycles. The number of aryl methyl sites for hydroxylation is 1. The van der Waals surface area contributed by atoms with Gasteiger partial charge in [0, 0.05) is 24.2 Å². The van der Waals surface area contributed by atoms with Crippen molar-refractivity contribution in [3.8, 4) is 11.5 Å². The average molecular weight is 349 g/mol. The van der Waals surface area contributed by atoms with E-state index in [0.29, 0.717) is 12.3 Å². The Kier molecular flexibility index (Phi) is 4.73. The van der Waals surface area contributed by atoms with E-state index >= 15 is 0 Å². The van der Waals surface area contributed by atoms with E-state index in [2.05, 4.69) is 21.8 Å². The molecule has 1 aromatic carbocycles. The summed E-state index contributed by atoms with van der Waals surface area (Å²) >= 11 is 1.60. The van der Waals surface area contributed by atoms with E-state index < -0.39 is 11.6 Å². The highest BCUT2D eigenvalue weighted by Crippen LogP contribution is 2.27. The second kappa shape index (κ2) is 6.78. The summed E-state index contributed by atoms with van der Waals surface area (Å²) in [6.07, 6.45) is 1.78. The molecule has 4 nitrogen and oxygen atoms in total. The third kappa shape index (κ3) is 3.37. The summed E-state index contributed by atoms with van der Waals surface area (Å²) in [4.78, 5) is 10.8. The monoisotopic (exact) mass is 349 g/mol. The van der Waals surface area contributed by atoms with Crippen LogP contribution >= 0.6 is 11.3 Å². The lowest BCUT2D eigenvalue weighted by molar-refractivity contribution is 0.248. The number of benzene rings is 1. The first-order valence-electron chi connectivity index (χ1n) is 7.47. The van der Waals surface area contributed by atoms with E-state index in [9.17, 15) is 8.78 Å². The second-order valence-corrected chi connectivity index (χ2v) is 6.53. The van der Waals surface area contributed by atoms with Crippen LogP contribution in [-0.4, -0.2) is 21.9 Å². The first-order chi connectivity index (χ1) is 11.5. The number of hydrogen-bond acceptors (Lipinski definition) is 5. The zero-order chi connectivity index (χ0) is 17.3. The SMILES string of the molecule is Cc1oc(-c2ccc(F)cc2F)nc1CN(C)C(C)c1nccs1. The summed E-state index contributed by atoms with van der Waals surface area (Å²) in [5.74, 6) is -0.536. The van der Waals surface area contributed by atoms with Crippen LogP contribution in [0.4, 0.5) is 8.78 Å². The molecule has 3 aromatic rings. The van der Waals surface area contributed by atoms with Gasteiger partial charge in [-0.3, -0.25) is 4.90 Å². The average Bonchev–Trinajstić information content (AvgIpc) is 3.17. The molecule has 0 saturated heterocycles. The molecule has 126 valence electrons. The Morgan fingerprint density at radius 1 is 1.33 bits per heavy atom. The standard InChI is InChI=1S/C17H17F2N3OS/c1-10(17-20-6-7-24-17)22(3)9-15-11(2)23-16(21-15)13-5-4-12(18)8-14(13)19/h4-8,10H,9H2,1-3H3. The van der Waals surface area contributed by atoms with E-state index in [1.165, 1.54) is 12.1 Å². The maximum atomic E-state index is 13.9. The molecule has 0 N–H and O–H groups in total. The molecule has 0 radical (unpaired) electrons. The Labute approximate surface area is 142 Å². The largest absolute Gasteiger partial charge is 0.441 e. The van der Waals surface area contributed by atoms with Crippen LogP contribution in [0.25, 0.3) is 11.5 Å². The summed E-state index contributed by atoms with van der Waals surface area (Å²) < 4.78 is 32.5. The van der Waals surface area contributed by atoms with Gasteiger partial charge in [0.2, 0.25) is 5.89 Å². The molecule has 1 unspecified atom stereocenters. The van der Waals surface area contributed by atoms with E-state index in [4.69, 9.17) is 4.42 Å². The van der Waals surface area contributed by atoms with Crippen LogP contribution < -0.4 is 0 Å². The topological polar surface area (TPSA) is 42.2 Å². The Balaban J connectivity index is 1.81. The summed E-state index contributed by atoms with van der Waals surface area (Å²) in [6.45, 7) is 4.39. The van der Waals surface area contributed by atoms with Crippen LogP contribution in [0, 0.1) is 18.6 Å². The van der Waals surface area contributed by atoms with Gasteiger partial charge in [0.15, 0.2) is 0 Å². The maximum absolute atomic E-state index is 13.9. The smallest absolute Gasteiger partial charge is 0.229 e. The van der Waals surface area contributed by atoms with Crippen molar-refractivity contribution >= 4 is 11.3 Å². The molecule has 0 bridgehead atoms. The molecule has 7 heteroatoms. The molecule has 2 aromatic heterocycles. The fraction of sp³-hybridized carbons (Fsp3) is 0.294. The maximum Gasteiger partial charge on any atom is 0.229 e. The third-order valence-electron chi connectivity index (χ3n) is 3.92. The highest BCUT2D eigenvalue weighted by atomic mass is 32.1. The minimum absolute atomic E-state index is 0.132. The quantitative estimate of drug-likeness (QED) is 0.676. The molecule has 0 fully saturated rings. The van der Waals surface area contributed by atoms with E-state index in [0.717, 1.165) is 16.8 Å². The lowest BCUT2D eigenvalue weighted by Crippen LogP contribution is -2.22. The van der Waals surface area contributed by atoms with Gasteiger partial charge in [0.05, 0.1) is 17.3 Å². The van der Waals surface area contributed by atoms with Crippen LogP contribution in [0.2, 0.25) is 0 Å². The zero-order valence-corrected chi connectivity index (χ0v) is 14.4. The summed E-state index contributed by atoms with van der Waals surface area (Å²) in [6, 6.07) is 3.48. The molecular weight excluding hydrogens is 332 g/mol. The molecule has 0 spiro atoms. The lowest BCUT2D eigenvalue weighted by atomic mass is 10.2. The number of nitrogens with zero attached hydrogens (tertiary/aromatic N) is 3. The van der Waals surface area contributed by atoms with Crippen molar-refractivity contribution in [3.63, 3.8) is 0 Å². The van der Waals surface area contributed by atoms with Gasteiger partial charge in [-0.15, -0.1) is 11.3 Å². The minimum atomic E-state index is -0.688. The van der Waals surface area contributed by atoms with E-state index in [1.807, 2.05) is 12.4 Å². The van der Waals surface area contributed by atoms with Crippen LogP contribution in [0.5, 0.6) is 0 Å². The summed E-state index contributed by atoms with van der Waals surface area (Å²) in [5.41, 5.74) is 0.876. The molecule has 0 aliphatic rings. The van der Waals surface area contributed by atoms with Crippen molar-refractivity contribution < 1.29 is 13.2 Å². The Bertz CT molecular complexity index is 832. The van der Waals surface area contributed by atoms with Gasteiger partial charge in [0.1, 0.15) is 22.4 Å². The van der Waals surface area contributed by atoms with Crippen molar-refractivity contribution in [1.29, 1.82) is 0 Å². The molecule has 0 amide bonds. The van der Waals surface area contributed by atoms with Crippen molar-refractivity contribution in [2.75, 3.05) is 7.05 Å². The number of rotatable bonds is 5. The van der Waals surface area contributed by atoms with E-state index in [-0.39, 0.29) is 17.5 Å². The number of thiazole rings is 1. The lowest BCUT2D eigenvalue weighted by Gasteiger charge is -2.21. The van der Waals surface area contributed by atoms with Gasteiger partial charge in [-0.1, -0.05) is 0 Å². The van der Waals surface area contributed by atoms with Crippen LogP contribution in [0.15, 0.2) is 34.2 Å². The predicted octanol–water partition coefficient (Wildman–Crippen LogP) is 4.58. The molecule has 3 rings (SSSR count). The summed E-state index contributed by atoms with van der Waals surface area (Å²) in [7, 11) is 1.97. The molecule has 1 atom stereocenters. The third-order valence-corrected chi connectivity index (χ3v) is 4.87. The zero-order valence-electron chi connectivity index (χ0n) is 13.6. The number of halogens is 2. The molecule has 0 aliphatic carbocycles. The predicted molar refractivity (Wildman–Crippen MR) is 88.6 cm³/mol. The van der Waals surface area contributed by atoms with Gasteiger partial charge in [-0.2, -0.15) is 0 Å². The number of aromatic nitrogens is 2.